The van der Waals surface area contributed by atoms with Gasteiger partial charge in [-0.3, -0.25) is 4.79 Å². The number of nitrogen functional groups attached to an aromatic ring is 1. The Morgan fingerprint density at radius 2 is 1.88 bits per heavy atom. The van der Waals surface area contributed by atoms with Crippen molar-refractivity contribution in [3.8, 4) is 0 Å². The first-order valence-corrected chi connectivity index (χ1v) is 7.67. The Bertz CT molecular complexity index is 999. The SMILES string of the molecule is Nc1nc2c(C(=O)NCCc3nc4ccccc4[nH]3)cccc2[nH]1. The number of amides is 1. The molecule has 4 rings (SSSR count). The fourth-order valence-electron chi connectivity index (χ4n) is 2.75. The Kier molecular flexibility index (Phi) is 3.38. The summed E-state index contributed by atoms with van der Waals surface area (Å²) in [6, 6.07) is 13.2. The normalized spacial score (nSPS) is 11.2. The molecule has 2 heterocycles. The first-order chi connectivity index (χ1) is 11.7. The molecule has 0 aliphatic carbocycles. The van der Waals surface area contributed by atoms with Crippen molar-refractivity contribution in [3.05, 3.63) is 53.9 Å². The van der Waals surface area contributed by atoms with Gasteiger partial charge in [0.05, 0.1) is 22.1 Å². The highest BCUT2D eigenvalue weighted by Crippen LogP contribution is 2.17. The second-order valence-corrected chi connectivity index (χ2v) is 5.53. The highest BCUT2D eigenvalue weighted by molar-refractivity contribution is 6.05. The Labute approximate surface area is 137 Å². The molecule has 0 aliphatic rings. The van der Waals surface area contributed by atoms with Gasteiger partial charge in [-0.1, -0.05) is 18.2 Å². The van der Waals surface area contributed by atoms with E-state index in [0.717, 1.165) is 22.4 Å². The first kappa shape index (κ1) is 14.3. The number of rotatable bonds is 4. The van der Waals surface area contributed by atoms with Gasteiger partial charge in [0.1, 0.15) is 11.3 Å². The van der Waals surface area contributed by atoms with E-state index in [-0.39, 0.29) is 5.91 Å². The molecule has 7 nitrogen and oxygen atoms in total. The van der Waals surface area contributed by atoms with E-state index >= 15 is 0 Å². The number of hydrogen-bond donors (Lipinski definition) is 4. The van der Waals surface area contributed by atoms with E-state index in [1.165, 1.54) is 0 Å². The number of carbonyl (C=O) groups excluding carboxylic acids is 1. The highest BCUT2D eigenvalue weighted by atomic mass is 16.1. The quantitative estimate of drug-likeness (QED) is 0.460. The summed E-state index contributed by atoms with van der Waals surface area (Å²) in [6.45, 7) is 0.481. The minimum atomic E-state index is -0.178. The number of nitrogens with one attached hydrogen (secondary N) is 3. The summed E-state index contributed by atoms with van der Waals surface area (Å²) in [6.07, 6.45) is 0.624. The Balaban J connectivity index is 1.46. The van der Waals surface area contributed by atoms with Crippen LogP contribution in [0.3, 0.4) is 0 Å². The maximum atomic E-state index is 12.4. The summed E-state index contributed by atoms with van der Waals surface area (Å²) in [5.74, 6) is 0.967. The minimum Gasteiger partial charge on any atom is -0.369 e. The number of benzene rings is 2. The zero-order chi connectivity index (χ0) is 16.5. The molecule has 4 aromatic rings. The fourth-order valence-corrected chi connectivity index (χ4v) is 2.75. The lowest BCUT2D eigenvalue weighted by Crippen LogP contribution is -2.26. The molecule has 0 atom stereocenters. The number of para-hydroxylation sites is 3. The maximum Gasteiger partial charge on any atom is 0.253 e. The predicted molar refractivity (Wildman–Crippen MR) is 92.6 cm³/mol. The summed E-state index contributed by atoms with van der Waals surface area (Å²) in [4.78, 5) is 27.2. The van der Waals surface area contributed by atoms with Crippen LogP contribution in [-0.4, -0.2) is 32.4 Å². The average molecular weight is 320 g/mol. The number of nitrogens with two attached hydrogens (primary N) is 1. The van der Waals surface area contributed by atoms with Crippen molar-refractivity contribution in [2.24, 2.45) is 0 Å². The summed E-state index contributed by atoms with van der Waals surface area (Å²) < 4.78 is 0. The van der Waals surface area contributed by atoms with Crippen LogP contribution in [0.2, 0.25) is 0 Å². The van der Waals surface area contributed by atoms with Crippen LogP contribution in [0.5, 0.6) is 0 Å². The molecule has 0 saturated carbocycles. The lowest BCUT2D eigenvalue weighted by atomic mass is 10.1. The van der Waals surface area contributed by atoms with E-state index < -0.39 is 0 Å². The second-order valence-electron chi connectivity index (χ2n) is 5.53. The van der Waals surface area contributed by atoms with Crippen LogP contribution in [0.1, 0.15) is 16.2 Å². The number of carbonyl (C=O) groups is 1. The molecule has 1 amide bonds. The van der Waals surface area contributed by atoms with Crippen molar-refractivity contribution >= 4 is 33.9 Å². The van der Waals surface area contributed by atoms with E-state index in [9.17, 15) is 4.79 Å². The molecule has 0 bridgehead atoms. The van der Waals surface area contributed by atoms with Crippen LogP contribution in [0.15, 0.2) is 42.5 Å². The fraction of sp³-hybridized carbons (Fsp3) is 0.118. The van der Waals surface area contributed by atoms with Crippen molar-refractivity contribution in [3.63, 3.8) is 0 Å². The van der Waals surface area contributed by atoms with E-state index in [1.54, 1.807) is 12.1 Å². The van der Waals surface area contributed by atoms with Gasteiger partial charge in [0, 0.05) is 13.0 Å². The number of aromatic amines is 2. The van der Waals surface area contributed by atoms with Gasteiger partial charge in [-0.05, 0) is 24.3 Å². The summed E-state index contributed by atoms with van der Waals surface area (Å²) in [5, 5.41) is 2.90. The number of aromatic nitrogens is 4. The van der Waals surface area contributed by atoms with Gasteiger partial charge in [0.25, 0.3) is 5.91 Å². The molecule has 0 spiro atoms. The Hall–Kier alpha value is -3.35. The summed E-state index contributed by atoms with van der Waals surface area (Å²) >= 11 is 0. The monoisotopic (exact) mass is 320 g/mol. The topological polar surface area (TPSA) is 112 Å². The predicted octanol–water partition coefficient (Wildman–Crippen LogP) is 1.99. The summed E-state index contributed by atoms with van der Waals surface area (Å²) in [7, 11) is 0. The Morgan fingerprint density at radius 1 is 1.04 bits per heavy atom. The molecule has 0 saturated heterocycles. The molecule has 2 aromatic carbocycles. The third kappa shape index (κ3) is 2.56. The number of hydrogen-bond acceptors (Lipinski definition) is 4. The van der Waals surface area contributed by atoms with Gasteiger partial charge in [0.2, 0.25) is 0 Å². The highest BCUT2D eigenvalue weighted by Gasteiger charge is 2.12. The van der Waals surface area contributed by atoms with Crippen LogP contribution in [-0.2, 0) is 6.42 Å². The van der Waals surface area contributed by atoms with Gasteiger partial charge in [-0.2, -0.15) is 0 Å². The summed E-state index contributed by atoms with van der Waals surface area (Å²) in [5.41, 5.74) is 9.42. The smallest absolute Gasteiger partial charge is 0.253 e. The molecule has 5 N–H and O–H groups in total. The number of anilines is 1. The van der Waals surface area contributed by atoms with Crippen LogP contribution in [0.4, 0.5) is 5.95 Å². The molecular formula is C17H16N6O. The zero-order valence-electron chi connectivity index (χ0n) is 12.8. The maximum absolute atomic E-state index is 12.4. The van der Waals surface area contributed by atoms with E-state index in [0.29, 0.717) is 30.0 Å². The van der Waals surface area contributed by atoms with E-state index in [2.05, 4.69) is 25.3 Å². The van der Waals surface area contributed by atoms with E-state index in [4.69, 9.17) is 5.73 Å². The molecule has 2 aromatic heterocycles. The van der Waals surface area contributed by atoms with Crippen molar-refractivity contribution in [1.29, 1.82) is 0 Å². The van der Waals surface area contributed by atoms with Gasteiger partial charge in [0.15, 0.2) is 5.95 Å². The third-order valence-corrected chi connectivity index (χ3v) is 3.86. The van der Waals surface area contributed by atoms with Crippen LogP contribution in [0.25, 0.3) is 22.1 Å². The van der Waals surface area contributed by atoms with Crippen LogP contribution in [0, 0.1) is 0 Å². The van der Waals surface area contributed by atoms with Crippen LogP contribution < -0.4 is 11.1 Å². The molecule has 7 heteroatoms. The molecule has 0 unspecified atom stereocenters. The lowest BCUT2D eigenvalue weighted by molar-refractivity contribution is 0.0955. The van der Waals surface area contributed by atoms with Crippen molar-refractivity contribution in [2.75, 3.05) is 12.3 Å². The standard InChI is InChI=1S/C17H16N6O/c18-17-22-13-7-3-4-10(15(13)23-17)16(24)19-9-8-14-20-11-5-1-2-6-12(11)21-14/h1-7H,8-9H2,(H,19,24)(H,20,21)(H3,18,22,23). The molecule has 0 radical (unpaired) electrons. The number of H-pyrrole nitrogens is 2. The van der Waals surface area contributed by atoms with Crippen molar-refractivity contribution in [2.45, 2.75) is 6.42 Å². The lowest BCUT2D eigenvalue weighted by Gasteiger charge is -2.04. The zero-order valence-corrected chi connectivity index (χ0v) is 12.8. The van der Waals surface area contributed by atoms with Gasteiger partial charge in [-0.25, -0.2) is 9.97 Å². The average Bonchev–Trinajstić information content (AvgIpc) is 3.15. The molecule has 0 fully saturated rings. The number of fused-ring (bicyclic) bond motifs is 2. The second kappa shape index (κ2) is 5.69. The van der Waals surface area contributed by atoms with Gasteiger partial charge in [-0.15, -0.1) is 0 Å². The van der Waals surface area contributed by atoms with Crippen molar-refractivity contribution < 1.29 is 4.79 Å². The number of imidazole rings is 2. The first-order valence-electron chi connectivity index (χ1n) is 7.67. The molecule has 120 valence electrons. The van der Waals surface area contributed by atoms with Gasteiger partial charge < -0.3 is 21.0 Å². The van der Waals surface area contributed by atoms with Crippen molar-refractivity contribution in [1.82, 2.24) is 25.3 Å². The number of nitrogens with zero attached hydrogens (tertiary/aromatic N) is 2. The van der Waals surface area contributed by atoms with E-state index in [1.807, 2.05) is 30.3 Å². The Morgan fingerprint density at radius 3 is 2.75 bits per heavy atom. The van der Waals surface area contributed by atoms with Crippen LogP contribution >= 0.6 is 0 Å². The van der Waals surface area contributed by atoms with Gasteiger partial charge >= 0.3 is 0 Å². The largest absolute Gasteiger partial charge is 0.369 e. The minimum absolute atomic E-state index is 0.178. The molecule has 24 heavy (non-hydrogen) atoms. The molecular weight excluding hydrogens is 304 g/mol. The molecule has 0 aliphatic heterocycles. The third-order valence-electron chi connectivity index (χ3n) is 3.86.